The van der Waals surface area contributed by atoms with Crippen LogP contribution in [0.5, 0.6) is 11.5 Å². The third-order valence-electron chi connectivity index (χ3n) is 2.56. The van der Waals surface area contributed by atoms with Gasteiger partial charge in [0.1, 0.15) is 13.2 Å². The second-order valence-electron chi connectivity index (χ2n) is 3.76. The lowest BCUT2D eigenvalue weighted by Gasteiger charge is -2.19. The van der Waals surface area contributed by atoms with Crippen LogP contribution in [0.3, 0.4) is 0 Å². The Morgan fingerprint density at radius 2 is 1.82 bits per heavy atom. The van der Waals surface area contributed by atoms with E-state index < -0.39 is 0 Å². The van der Waals surface area contributed by atoms with Gasteiger partial charge in [-0.2, -0.15) is 0 Å². The van der Waals surface area contributed by atoms with Gasteiger partial charge >= 0.3 is 6.01 Å². The van der Waals surface area contributed by atoms with E-state index in [1.807, 2.05) is 19.1 Å². The number of nitrogen functional groups attached to an aromatic ring is 1. The molecule has 0 bridgehead atoms. The number of nitrogens with zero attached hydrogens (tertiary/aromatic N) is 2. The van der Waals surface area contributed by atoms with Crippen molar-refractivity contribution in [3.8, 4) is 23.0 Å². The molecule has 1 aliphatic rings. The van der Waals surface area contributed by atoms with Crippen LogP contribution in [0, 0.1) is 6.92 Å². The van der Waals surface area contributed by atoms with Gasteiger partial charge in [0.15, 0.2) is 11.5 Å². The van der Waals surface area contributed by atoms with Gasteiger partial charge in [-0.1, -0.05) is 5.10 Å². The maximum Gasteiger partial charge on any atom is 0.313 e. The minimum Gasteiger partial charge on any atom is -0.486 e. The minimum atomic E-state index is 0.0503. The smallest absolute Gasteiger partial charge is 0.313 e. The van der Waals surface area contributed by atoms with Gasteiger partial charge in [0, 0.05) is 5.56 Å². The Bertz CT molecular complexity index is 565. The van der Waals surface area contributed by atoms with E-state index in [1.54, 1.807) is 0 Å². The summed E-state index contributed by atoms with van der Waals surface area (Å²) in [6.07, 6.45) is 0. The number of aromatic nitrogens is 2. The molecule has 2 heterocycles. The van der Waals surface area contributed by atoms with Gasteiger partial charge in [0.05, 0.1) is 0 Å². The minimum absolute atomic E-state index is 0.0503. The number of hydrogen-bond acceptors (Lipinski definition) is 6. The highest BCUT2D eigenvalue weighted by Crippen LogP contribution is 2.36. The Labute approximate surface area is 97.3 Å². The lowest BCUT2D eigenvalue weighted by molar-refractivity contribution is 0.171. The van der Waals surface area contributed by atoms with Crippen LogP contribution < -0.4 is 15.2 Å². The predicted octanol–water partition coefficient (Wildman–Crippen LogP) is 1.40. The Hall–Kier alpha value is -2.24. The molecule has 0 unspecified atom stereocenters. The van der Waals surface area contributed by atoms with Gasteiger partial charge in [-0.3, -0.25) is 0 Å². The SMILES string of the molecule is Cc1cc2c(cc1-c1nnc(N)o1)OCCO2. The highest BCUT2D eigenvalue weighted by molar-refractivity contribution is 5.64. The lowest BCUT2D eigenvalue weighted by Crippen LogP contribution is -2.15. The number of aryl methyl sites for hydroxylation is 1. The molecule has 2 aromatic rings. The first-order valence-electron chi connectivity index (χ1n) is 5.23. The molecule has 88 valence electrons. The molecule has 1 aromatic heterocycles. The highest BCUT2D eigenvalue weighted by atomic mass is 16.6. The van der Waals surface area contributed by atoms with Crippen LogP contribution in [0.4, 0.5) is 6.01 Å². The summed E-state index contributed by atoms with van der Waals surface area (Å²) in [5.41, 5.74) is 7.18. The Kier molecular flexibility index (Phi) is 2.14. The zero-order valence-electron chi connectivity index (χ0n) is 9.27. The van der Waals surface area contributed by atoms with E-state index in [0.29, 0.717) is 24.9 Å². The first kappa shape index (κ1) is 9.95. The van der Waals surface area contributed by atoms with Gasteiger partial charge in [-0.05, 0) is 24.6 Å². The molecule has 0 saturated heterocycles. The molecule has 6 nitrogen and oxygen atoms in total. The summed E-state index contributed by atoms with van der Waals surface area (Å²) in [6.45, 7) is 3.05. The number of nitrogens with two attached hydrogens (primary N) is 1. The molecule has 0 aliphatic carbocycles. The van der Waals surface area contributed by atoms with Gasteiger partial charge in [-0.15, -0.1) is 5.10 Å². The van der Waals surface area contributed by atoms with E-state index in [0.717, 1.165) is 16.9 Å². The van der Waals surface area contributed by atoms with E-state index >= 15 is 0 Å². The van der Waals surface area contributed by atoms with Crippen molar-refractivity contribution in [2.24, 2.45) is 0 Å². The number of hydrogen-bond donors (Lipinski definition) is 1. The fourth-order valence-corrected chi connectivity index (χ4v) is 1.76. The van der Waals surface area contributed by atoms with Gasteiger partial charge < -0.3 is 19.6 Å². The average Bonchev–Trinajstić information content (AvgIpc) is 2.75. The second-order valence-corrected chi connectivity index (χ2v) is 3.76. The first-order chi connectivity index (χ1) is 8.24. The molecule has 3 rings (SSSR count). The fraction of sp³-hybridized carbons (Fsp3) is 0.273. The number of ether oxygens (including phenoxy) is 2. The molecule has 0 radical (unpaired) electrons. The molecular weight excluding hydrogens is 222 g/mol. The highest BCUT2D eigenvalue weighted by Gasteiger charge is 2.17. The van der Waals surface area contributed by atoms with Gasteiger partial charge in [-0.25, -0.2) is 0 Å². The van der Waals surface area contributed by atoms with Crippen molar-refractivity contribution in [2.75, 3.05) is 18.9 Å². The molecule has 0 spiro atoms. The number of anilines is 1. The van der Waals surface area contributed by atoms with E-state index in [-0.39, 0.29) is 6.01 Å². The molecular formula is C11H11N3O3. The van der Waals surface area contributed by atoms with Crippen LogP contribution in [0.2, 0.25) is 0 Å². The molecule has 0 saturated carbocycles. The predicted molar refractivity (Wildman–Crippen MR) is 59.9 cm³/mol. The summed E-state index contributed by atoms with van der Waals surface area (Å²) >= 11 is 0. The largest absolute Gasteiger partial charge is 0.486 e. The van der Waals surface area contributed by atoms with Crippen LogP contribution in [-0.2, 0) is 0 Å². The summed E-state index contributed by atoms with van der Waals surface area (Å²) < 4.78 is 16.2. The molecule has 1 aromatic carbocycles. The third-order valence-corrected chi connectivity index (χ3v) is 2.56. The van der Waals surface area contributed by atoms with Crippen LogP contribution in [0.15, 0.2) is 16.5 Å². The lowest BCUT2D eigenvalue weighted by atomic mass is 10.1. The van der Waals surface area contributed by atoms with Crippen molar-refractivity contribution >= 4 is 6.01 Å². The van der Waals surface area contributed by atoms with Gasteiger partial charge in [0.25, 0.3) is 0 Å². The number of fused-ring (bicyclic) bond motifs is 1. The summed E-state index contributed by atoms with van der Waals surface area (Å²) in [4.78, 5) is 0. The topological polar surface area (TPSA) is 83.4 Å². The molecule has 0 atom stereocenters. The summed E-state index contributed by atoms with van der Waals surface area (Å²) in [5, 5.41) is 7.49. The van der Waals surface area contributed by atoms with Crippen LogP contribution >= 0.6 is 0 Å². The maximum atomic E-state index is 5.50. The Morgan fingerprint density at radius 3 is 2.47 bits per heavy atom. The summed E-state index contributed by atoms with van der Waals surface area (Å²) in [6, 6.07) is 3.77. The molecule has 17 heavy (non-hydrogen) atoms. The molecule has 1 aliphatic heterocycles. The van der Waals surface area contributed by atoms with Crippen LogP contribution in [0.1, 0.15) is 5.56 Å². The standard InChI is InChI=1S/C11H11N3O3/c1-6-4-8-9(16-3-2-15-8)5-7(6)10-13-14-11(12)17-10/h4-5H,2-3H2,1H3,(H2,12,14). The molecule has 6 heteroatoms. The van der Waals surface area contributed by atoms with Crippen molar-refractivity contribution in [2.45, 2.75) is 6.92 Å². The second kappa shape index (κ2) is 3.65. The van der Waals surface area contributed by atoms with Crippen molar-refractivity contribution in [1.82, 2.24) is 10.2 Å². The van der Waals surface area contributed by atoms with E-state index in [9.17, 15) is 0 Å². The van der Waals surface area contributed by atoms with E-state index in [4.69, 9.17) is 19.6 Å². The number of benzene rings is 1. The number of rotatable bonds is 1. The molecule has 0 fully saturated rings. The van der Waals surface area contributed by atoms with E-state index in [2.05, 4.69) is 10.2 Å². The third kappa shape index (κ3) is 1.67. The summed E-state index contributed by atoms with van der Waals surface area (Å²) in [5.74, 6) is 1.82. The normalized spacial score (nSPS) is 13.7. The Balaban J connectivity index is 2.11. The molecule has 0 amide bonds. The zero-order valence-corrected chi connectivity index (χ0v) is 9.27. The van der Waals surface area contributed by atoms with Crippen LogP contribution in [-0.4, -0.2) is 23.4 Å². The van der Waals surface area contributed by atoms with Crippen molar-refractivity contribution in [3.05, 3.63) is 17.7 Å². The molecule has 2 N–H and O–H groups in total. The fourth-order valence-electron chi connectivity index (χ4n) is 1.76. The summed E-state index contributed by atoms with van der Waals surface area (Å²) in [7, 11) is 0. The zero-order chi connectivity index (χ0) is 11.8. The van der Waals surface area contributed by atoms with Crippen molar-refractivity contribution in [1.29, 1.82) is 0 Å². The van der Waals surface area contributed by atoms with Crippen molar-refractivity contribution in [3.63, 3.8) is 0 Å². The van der Waals surface area contributed by atoms with E-state index in [1.165, 1.54) is 0 Å². The first-order valence-corrected chi connectivity index (χ1v) is 5.23. The monoisotopic (exact) mass is 233 g/mol. The Morgan fingerprint density at radius 1 is 1.12 bits per heavy atom. The van der Waals surface area contributed by atoms with Crippen molar-refractivity contribution < 1.29 is 13.9 Å². The van der Waals surface area contributed by atoms with Gasteiger partial charge in [0.2, 0.25) is 5.89 Å². The van der Waals surface area contributed by atoms with Crippen LogP contribution in [0.25, 0.3) is 11.5 Å². The maximum absolute atomic E-state index is 5.50. The average molecular weight is 233 g/mol. The quantitative estimate of drug-likeness (QED) is 0.801.